The third-order valence-corrected chi connectivity index (χ3v) is 5.33. The highest BCUT2D eigenvalue weighted by Gasteiger charge is 2.51. The SMILES string of the molecule is CC1(C)OB(c2ccc(C3CCNCC3)c(F)c2)OC1(C)C. The first-order valence-corrected chi connectivity index (χ1v) is 8.16. The van der Waals surface area contributed by atoms with Crippen molar-refractivity contribution in [2.75, 3.05) is 13.1 Å². The average Bonchev–Trinajstić information content (AvgIpc) is 2.68. The van der Waals surface area contributed by atoms with Gasteiger partial charge in [0.15, 0.2) is 0 Å². The molecule has 2 saturated heterocycles. The van der Waals surface area contributed by atoms with E-state index in [1.807, 2.05) is 39.8 Å². The molecule has 2 aliphatic rings. The summed E-state index contributed by atoms with van der Waals surface area (Å²) in [6.07, 6.45) is 1.99. The Balaban J connectivity index is 1.81. The minimum atomic E-state index is -0.499. The molecule has 5 heteroatoms. The van der Waals surface area contributed by atoms with Gasteiger partial charge in [0.1, 0.15) is 5.82 Å². The summed E-state index contributed by atoms with van der Waals surface area (Å²) in [5, 5.41) is 3.32. The van der Waals surface area contributed by atoms with Crippen molar-refractivity contribution >= 4 is 12.6 Å². The van der Waals surface area contributed by atoms with Gasteiger partial charge in [0, 0.05) is 0 Å². The molecule has 0 bridgehead atoms. The molecule has 1 N–H and O–H groups in total. The Hall–Kier alpha value is -0.905. The van der Waals surface area contributed by atoms with E-state index in [2.05, 4.69) is 5.32 Å². The zero-order valence-corrected chi connectivity index (χ0v) is 13.9. The van der Waals surface area contributed by atoms with E-state index in [0.29, 0.717) is 5.92 Å². The lowest BCUT2D eigenvalue weighted by Gasteiger charge is -2.32. The minimum Gasteiger partial charge on any atom is -0.399 e. The lowest BCUT2D eigenvalue weighted by atomic mass is 9.77. The van der Waals surface area contributed by atoms with Crippen molar-refractivity contribution < 1.29 is 13.7 Å². The highest BCUT2D eigenvalue weighted by molar-refractivity contribution is 6.62. The van der Waals surface area contributed by atoms with Crippen LogP contribution in [0.25, 0.3) is 0 Å². The molecule has 1 aromatic rings. The van der Waals surface area contributed by atoms with Crippen LogP contribution in [-0.2, 0) is 9.31 Å². The van der Waals surface area contributed by atoms with Crippen LogP contribution in [-0.4, -0.2) is 31.4 Å². The summed E-state index contributed by atoms with van der Waals surface area (Å²) in [7, 11) is -0.499. The molecule has 0 unspecified atom stereocenters. The van der Waals surface area contributed by atoms with E-state index in [1.54, 1.807) is 6.07 Å². The Morgan fingerprint density at radius 1 is 1.09 bits per heavy atom. The predicted molar refractivity (Wildman–Crippen MR) is 87.0 cm³/mol. The van der Waals surface area contributed by atoms with Gasteiger partial charge >= 0.3 is 7.12 Å². The van der Waals surface area contributed by atoms with E-state index in [-0.39, 0.29) is 5.82 Å². The van der Waals surface area contributed by atoms with E-state index < -0.39 is 18.3 Å². The van der Waals surface area contributed by atoms with Crippen LogP contribution >= 0.6 is 0 Å². The van der Waals surface area contributed by atoms with Crippen molar-refractivity contribution in [3.05, 3.63) is 29.6 Å². The fourth-order valence-electron chi connectivity index (χ4n) is 3.13. The van der Waals surface area contributed by atoms with Gasteiger partial charge < -0.3 is 14.6 Å². The van der Waals surface area contributed by atoms with Crippen molar-refractivity contribution in [1.29, 1.82) is 0 Å². The summed E-state index contributed by atoms with van der Waals surface area (Å²) in [5.41, 5.74) is 0.777. The van der Waals surface area contributed by atoms with Gasteiger partial charge in [-0.15, -0.1) is 0 Å². The monoisotopic (exact) mass is 305 g/mol. The quantitative estimate of drug-likeness (QED) is 0.852. The average molecular weight is 305 g/mol. The summed E-state index contributed by atoms with van der Waals surface area (Å²) in [6.45, 7) is 9.95. The molecule has 0 amide bonds. The van der Waals surface area contributed by atoms with Crippen LogP contribution in [0, 0.1) is 5.82 Å². The molecular formula is C17H25BFNO2. The number of benzene rings is 1. The standard InChI is InChI=1S/C17H25BFNO2/c1-16(2)17(3,4)22-18(21-16)13-5-6-14(15(19)11-13)12-7-9-20-10-8-12/h5-6,11-12,20H,7-10H2,1-4H3. The number of hydrogen-bond acceptors (Lipinski definition) is 3. The molecule has 3 rings (SSSR count). The first kappa shape index (κ1) is 16.0. The lowest BCUT2D eigenvalue weighted by molar-refractivity contribution is 0.00578. The third kappa shape index (κ3) is 2.82. The molecular weight excluding hydrogens is 280 g/mol. The third-order valence-electron chi connectivity index (χ3n) is 5.33. The van der Waals surface area contributed by atoms with E-state index in [9.17, 15) is 4.39 Å². The number of rotatable bonds is 2. The zero-order chi connectivity index (χ0) is 16.0. The van der Waals surface area contributed by atoms with Crippen LogP contribution in [0.5, 0.6) is 0 Å². The summed E-state index contributed by atoms with van der Waals surface area (Å²) >= 11 is 0. The summed E-state index contributed by atoms with van der Waals surface area (Å²) in [6, 6.07) is 5.44. The van der Waals surface area contributed by atoms with Crippen LogP contribution in [0.1, 0.15) is 52.0 Å². The van der Waals surface area contributed by atoms with Crippen LogP contribution in [0.15, 0.2) is 18.2 Å². The van der Waals surface area contributed by atoms with Gasteiger partial charge in [-0.3, -0.25) is 0 Å². The fourth-order valence-corrected chi connectivity index (χ4v) is 3.13. The molecule has 2 heterocycles. The van der Waals surface area contributed by atoms with Gasteiger partial charge in [-0.25, -0.2) is 4.39 Å². The number of piperidine rings is 1. The Bertz CT molecular complexity index is 540. The van der Waals surface area contributed by atoms with Gasteiger partial charge in [-0.1, -0.05) is 12.1 Å². The predicted octanol–water partition coefficient (Wildman–Crippen LogP) is 2.59. The molecule has 2 fully saturated rings. The van der Waals surface area contributed by atoms with Crippen molar-refractivity contribution in [3.63, 3.8) is 0 Å². The van der Waals surface area contributed by atoms with Crippen molar-refractivity contribution in [2.24, 2.45) is 0 Å². The molecule has 0 aromatic heterocycles. The normalized spacial score (nSPS) is 24.7. The van der Waals surface area contributed by atoms with E-state index in [4.69, 9.17) is 9.31 Å². The zero-order valence-electron chi connectivity index (χ0n) is 13.9. The van der Waals surface area contributed by atoms with Crippen LogP contribution in [0.3, 0.4) is 0 Å². The van der Waals surface area contributed by atoms with Crippen LogP contribution in [0.4, 0.5) is 4.39 Å². The molecule has 120 valence electrons. The van der Waals surface area contributed by atoms with Crippen LogP contribution < -0.4 is 10.8 Å². The van der Waals surface area contributed by atoms with Crippen molar-refractivity contribution in [3.8, 4) is 0 Å². The Morgan fingerprint density at radius 3 is 2.23 bits per heavy atom. The fraction of sp³-hybridized carbons (Fsp3) is 0.647. The molecule has 2 aliphatic heterocycles. The van der Waals surface area contributed by atoms with Gasteiger partial charge in [0.05, 0.1) is 11.2 Å². The first-order valence-electron chi connectivity index (χ1n) is 8.16. The maximum Gasteiger partial charge on any atom is 0.494 e. The highest BCUT2D eigenvalue weighted by atomic mass is 19.1. The van der Waals surface area contributed by atoms with Gasteiger partial charge in [-0.05, 0) is 76.6 Å². The van der Waals surface area contributed by atoms with E-state index in [0.717, 1.165) is 37.0 Å². The van der Waals surface area contributed by atoms with E-state index >= 15 is 0 Å². The maximum absolute atomic E-state index is 14.5. The van der Waals surface area contributed by atoms with Crippen LogP contribution in [0.2, 0.25) is 0 Å². The molecule has 0 radical (unpaired) electrons. The largest absolute Gasteiger partial charge is 0.494 e. The Morgan fingerprint density at radius 2 is 1.68 bits per heavy atom. The summed E-state index contributed by atoms with van der Waals surface area (Å²) in [4.78, 5) is 0. The second-order valence-electron chi connectivity index (χ2n) is 7.39. The lowest BCUT2D eigenvalue weighted by Crippen LogP contribution is -2.41. The topological polar surface area (TPSA) is 30.5 Å². The molecule has 0 saturated carbocycles. The van der Waals surface area contributed by atoms with Crippen molar-refractivity contribution in [2.45, 2.75) is 57.7 Å². The van der Waals surface area contributed by atoms with Gasteiger partial charge in [0.25, 0.3) is 0 Å². The molecule has 0 atom stereocenters. The Labute approximate surface area is 132 Å². The molecule has 1 aromatic carbocycles. The minimum absolute atomic E-state index is 0.140. The second-order valence-corrected chi connectivity index (χ2v) is 7.39. The van der Waals surface area contributed by atoms with Crippen molar-refractivity contribution in [1.82, 2.24) is 5.32 Å². The molecule has 3 nitrogen and oxygen atoms in total. The number of nitrogens with one attached hydrogen (secondary N) is 1. The maximum atomic E-state index is 14.5. The van der Waals surface area contributed by atoms with E-state index in [1.165, 1.54) is 0 Å². The highest BCUT2D eigenvalue weighted by Crippen LogP contribution is 2.36. The summed E-state index contributed by atoms with van der Waals surface area (Å²) < 4.78 is 26.5. The number of halogens is 1. The Kier molecular flexibility index (Phi) is 4.08. The van der Waals surface area contributed by atoms with Gasteiger partial charge in [0.2, 0.25) is 0 Å². The smallest absolute Gasteiger partial charge is 0.399 e. The summed E-state index contributed by atoms with van der Waals surface area (Å²) in [5.74, 6) is 0.174. The molecule has 22 heavy (non-hydrogen) atoms. The molecule has 0 aliphatic carbocycles. The second kappa shape index (κ2) is 5.62. The van der Waals surface area contributed by atoms with Gasteiger partial charge in [-0.2, -0.15) is 0 Å². The number of hydrogen-bond donors (Lipinski definition) is 1. The first-order chi connectivity index (χ1) is 10.3. The molecule has 0 spiro atoms.